The van der Waals surface area contributed by atoms with E-state index < -0.39 is 47.0 Å². The molecular formula is C14H15ClF6N2. The van der Waals surface area contributed by atoms with Crippen LogP contribution in [0.3, 0.4) is 0 Å². The van der Waals surface area contributed by atoms with Crippen molar-refractivity contribution in [2.45, 2.75) is 25.1 Å². The van der Waals surface area contributed by atoms with E-state index in [0.717, 1.165) is 6.07 Å². The van der Waals surface area contributed by atoms with Gasteiger partial charge in [-0.1, -0.05) is 11.6 Å². The summed E-state index contributed by atoms with van der Waals surface area (Å²) < 4.78 is 79.7. The molecule has 0 aromatic heterocycles. The molecule has 0 bridgehead atoms. The van der Waals surface area contributed by atoms with Gasteiger partial charge in [-0.25, -0.2) is 13.2 Å². The van der Waals surface area contributed by atoms with Gasteiger partial charge in [-0.2, -0.15) is 13.2 Å². The Kier molecular flexibility index (Phi) is 5.80. The first-order valence-electron chi connectivity index (χ1n) is 6.99. The molecule has 1 N–H and O–H groups in total. The molecule has 23 heavy (non-hydrogen) atoms. The van der Waals surface area contributed by atoms with Crippen LogP contribution in [0, 0.1) is 5.82 Å². The summed E-state index contributed by atoms with van der Waals surface area (Å²) in [6.07, 6.45) is -8.61. The van der Waals surface area contributed by atoms with Gasteiger partial charge in [0.05, 0.1) is 10.6 Å². The maximum atomic E-state index is 14.3. The van der Waals surface area contributed by atoms with Crippen molar-refractivity contribution in [1.82, 2.24) is 10.2 Å². The lowest BCUT2D eigenvalue weighted by atomic mass is 9.95. The second kappa shape index (κ2) is 7.27. The van der Waals surface area contributed by atoms with Gasteiger partial charge < -0.3 is 5.32 Å². The highest BCUT2D eigenvalue weighted by molar-refractivity contribution is 6.30. The monoisotopic (exact) mass is 360 g/mol. The summed E-state index contributed by atoms with van der Waals surface area (Å²) in [4.78, 5) is 1.44. The van der Waals surface area contributed by atoms with Crippen LogP contribution in [-0.4, -0.2) is 37.5 Å². The molecule has 0 aliphatic carbocycles. The molecule has 1 aliphatic heterocycles. The highest BCUT2D eigenvalue weighted by Crippen LogP contribution is 2.41. The third-order valence-electron chi connectivity index (χ3n) is 3.77. The first-order valence-corrected chi connectivity index (χ1v) is 7.37. The van der Waals surface area contributed by atoms with Gasteiger partial charge >= 0.3 is 6.18 Å². The van der Waals surface area contributed by atoms with Crippen molar-refractivity contribution in [1.29, 1.82) is 0 Å². The third kappa shape index (κ3) is 4.30. The van der Waals surface area contributed by atoms with Crippen molar-refractivity contribution in [2.75, 3.05) is 26.2 Å². The fourth-order valence-electron chi connectivity index (χ4n) is 2.75. The van der Waals surface area contributed by atoms with E-state index in [9.17, 15) is 26.3 Å². The maximum Gasteiger partial charge on any atom is 0.416 e. The van der Waals surface area contributed by atoms with Crippen LogP contribution in [0.25, 0.3) is 0 Å². The Morgan fingerprint density at radius 3 is 2.30 bits per heavy atom. The lowest BCUT2D eigenvalue weighted by molar-refractivity contribution is -0.139. The zero-order valence-electron chi connectivity index (χ0n) is 11.9. The minimum absolute atomic E-state index is 0.251. The highest BCUT2D eigenvalue weighted by Gasteiger charge is 2.40. The van der Waals surface area contributed by atoms with Gasteiger partial charge in [-0.05, 0) is 12.1 Å². The van der Waals surface area contributed by atoms with Gasteiger partial charge in [0, 0.05) is 44.2 Å². The molecule has 1 aliphatic rings. The minimum Gasteiger partial charge on any atom is -0.314 e. The predicted octanol–water partition coefficient (Wildman–Crippen LogP) is 4.10. The van der Waals surface area contributed by atoms with Crippen molar-refractivity contribution < 1.29 is 26.3 Å². The van der Waals surface area contributed by atoms with E-state index in [2.05, 4.69) is 5.32 Å². The average Bonchev–Trinajstić information content (AvgIpc) is 2.47. The van der Waals surface area contributed by atoms with Crippen molar-refractivity contribution in [3.05, 3.63) is 34.1 Å². The van der Waals surface area contributed by atoms with Crippen molar-refractivity contribution in [2.24, 2.45) is 0 Å². The molecule has 2 nitrogen and oxygen atoms in total. The van der Waals surface area contributed by atoms with E-state index in [1.807, 2.05) is 0 Å². The number of alkyl halides is 5. The second-order valence-corrected chi connectivity index (χ2v) is 5.66. The van der Waals surface area contributed by atoms with E-state index in [0.29, 0.717) is 19.2 Å². The normalized spacial score (nSPS) is 18.4. The topological polar surface area (TPSA) is 15.3 Å². The van der Waals surface area contributed by atoms with Crippen molar-refractivity contribution >= 4 is 11.6 Å². The zero-order chi connectivity index (χ0) is 17.2. The minimum atomic E-state index is -4.85. The summed E-state index contributed by atoms with van der Waals surface area (Å²) in [6, 6.07) is 0.0503. The van der Waals surface area contributed by atoms with Gasteiger partial charge in [0.1, 0.15) is 5.82 Å². The van der Waals surface area contributed by atoms with E-state index in [1.165, 1.54) is 4.90 Å². The Hall–Kier alpha value is -0.990. The van der Waals surface area contributed by atoms with Gasteiger partial charge in [-0.15, -0.1) is 0 Å². The van der Waals surface area contributed by atoms with Gasteiger partial charge in [-0.3, -0.25) is 4.90 Å². The summed E-state index contributed by atoms with van der Waals surface area (Å²) in [5, 5.41) is 2.46. The second-order valence-electron chi connectivity index (χ2n) is 5.25. The van der Waals surface area contributed by atoms with Gasteiger partial charge in [0.2, 0.25) is 6.43 Å². The Balaban J connectivity index is 2.54. The molecular weight excluding hydrogens is 346 g/mol. The number of nitrogens with one attached hydrogen (secondary N) is 1. The summed E-state index contributed by atoms with van der Waals surface area (Å²) in [5.74, 6) is -1.29. The Morgan fingerprint density at radius 2 is 1.78 bits per heavy atom. The SMILES string of the molecule is Fc1c(Cl)ccc(C(F)(F)F)c1[C@@H](CC(F)F)N1CCNCC1. The largest absolute Gasteiger partial charge is 0.416 e. The molecule has 0 amide bonds. The van der Waals surface area contributed by atoms with Gasteiger partial charge in [0.25, 0.3) is 0 Å². The van der Waals surface area contributed by atoms with E-state index in [-0.39, 0.29) is 13.1 Å². The van der Waals surface area contributed by atoms with Crippen LogP contribution in [0.5, 0.6) is 0 Å². The van der Waals surface area contributed by atoms with Crippen molar-refractivity contribution in [3.63, 3.8) is 0 Å². The summed E-state index contributed by atoms with van der Waals surface area (Å²) >= 11 is 5.59. The highest BCUT2D eigenvalue weighted by atomic mass is 35.5. The molecule has 1 heterocycles. The van der Waals surface area contributed by atoms with Crippen LogP contribution in [0.15, 0.2) is 12.1 Å². The first-order chi connectivity index (χ1) is 10.7. The molecule has 0 saturated carbocycles. The number of hydrogen-bond acceptors (Lipinski definition) is 2. The third-order valence-corrected chi connectivity index (χ3v) is 4.06. The molecule has 2 rings (SSSR count). The average molecular weight is 361 g/mol. The number of hydrogen-bond donors (Lipinski definition) is 1. The molecule has 1 atom stereocenters. The molecule has 0 unspecified atom stereocenters. The standard InChI is InChI=1S/C14H15ClF6N2/c15-9-2-1-8(14(19,20)21)12(13(9)18)10(7-11(16)17)23-5-3-22-4-6-23/h1-2,10-11,22H,3-7H2/t10-/m1/s1. The smallest absolute Gasteiger partial charge is 0.314 e. The molecule has 1 fully saturated rings. The number of halogens is 7. The predicted molar refractivity (Wildman–Crippen MR) is 74.2 cm³/mol. The molecule has 1 aromatic carbocycles. The fourth-order valence-corrected chi connectivity index (χ4v) is 2.92. The lowest BCUT2D eigenvalue weighted by Gasteiger charge is -2.36. The van der Waals surface area contributed by atoms with E-state index >= 15 is 0 Å². The molecule has 0 spiro atoms. The quantitative estimate of drug-likeness (QED) is 0.813. The Labute approximate surface area is 134 Å². The van der Waals surface area contributed by atoms with Crippen LogP contribution < -0.4 is 5.32 Å². The van der Waals surface area contributed by atoms with E-state index in [1.54, 1.807) is 0 Å². The zero-order valence-corrected chi connectivity index (χ0v) is 12.7. The molecule has 9 heteroatoms. The number of rotatable bonds is 4. The molecule has 130 valence electrons. The Bertz CT molecular complexity index is 543. The number of nitrogens with zero attached hydrogens (tertiary/aromatic N) is 1. The molecule has 1 saturated heterocycles. The number of piperazine rings is 1. The van der Waals surface area contributed by atoms with Crippen LogP contribution in [0.4, 0.5) is 26.3 Å². The van der Waals surface area contributed by atoms with Crippen LogP contribution in [-0.2, 0) is 6.18 Å². The summed E-state index contributed by atoms with van der Waals surface area (Å²) in [7, 11) is 0. The first kappa shape index (κ1) is 18.4. The van der Waals surface area contributed by atoms with Crippen LogP contribution >= 0.6 is 11.6 Å². The van der Waals surface area contributed by atoms with Crippen molar-refractivity contribution in [3.8, 4) is 0 Å². The number of benzene rings is 1. The molecule has 1 aromatic rings. The van der Waals surface area contributed by atoms with E-state index in [4.69, 9.17) is 11.6 Å². The lowest BCUT2D eigenvalue weighted by Crippen LogP contribution is -2.46. The van der Waals surface area contributed by atoms with Crippen LogP contribution in [0.2, 0.25) is 5.02 Å². The Morgan fingerprint density at radius 1 is 1.17 bits per heavy atom. The summed E-state index contributed by atoms with van der Waals surface area (Å²) in [6.45, 7) is 1.37. The van der Waals surface area contributed by atoms with Gasteiger partial charge in [0.15, 0.2) is 0 Å². The van der Waals surface area contributed by atoms with Crippen LogP contribution in [0.1, 0.15) is 23.6 Å². The maximum absolute atomic E-state index is 14.3. The fraction of sp³-hybridized carbons (Fsp3) is 0.571. The molecule has 0 radical (unpaired) electrons. The summed E-state index contributed by atoms with van der Waals surface area (Å²) in [5.41, 5.74) is -2.06.